The van der Waals surface area contributed by atoms with Crippen molar-refractivity contribution in [2.45, 2.75) is 17.3 Å². The molecular weight excluding hydrogens is 753 g/mol. The number of halogens is 3. The average Bonchev–Trinajstić information content (AvgIpc) is 2.92. The van der Waals surface area contributed by atoms with Gasteiger partial charge in [0.2, 0.25) is 0 Å². The van der Waals surface area contributed by atoms with Crippen molar-refractivity contribution in [3.8, 4) is 5.75 Å². The van der Waals surface area contributed by atoms with Gasteiger partial charge in [0.15, 0.2) is 4.30 Å². The number of alkyl halides is 3. The van der Waals surface area contributed by atoms with Crippen molar-refractivity contribution >= 4 is 70.8 Å². The van der Waals surface area contributed by atoms with Gasteiger partial charge in [-0.2, -0.15) is 0 Å². The molecule has 0 aliphatic heterocycles. The largest absolute Gasteiger partial charge is 2.00 e. The third-order valence-electron chi connectivity index (χ3n) is 5.44. The van der Waals surface area contributed by atoms with E-state index >= 15 is 0 Å². The fourth-order valence-electron chi connectivity index (χ4n) is 3.72. The van der Waals surface area contributed by atoms with Crippen molar-refractivity contribution in [2.75, 3.05) is 6.54 Å². The molecule has 0 amide bonds. The quantitative estimate of drug-likeness (QED) is 0.111. The first kappa shape index (κ1) is 33.0. The molecule has 0 aromatic heterocycles. The molecule has 1 atom stereocenters. The Bertz CT molecular complexity index is 1300. The third-order valence-corrected chi connectivity index (χ3v) is 8.26. The summed E-state index contributed by atoms with van der Waals surface area (Å²) in [4.78, 5) is 8.75. The van der Waals surface area contributed by atoms with Crippen LogP contribution in [0, 0.1) is 0 Å². The second-order valence-corrected chi connectivity index (χ2v) is 12.6. The molecule has 0 aliphatic rings. The van der Waals surface area contributed by atoms with Gasteiger partial charge in [0.1, 0.15) is 15.9 Å². The zero-order chi connectivity index (χ0) is 27.3. The molecule has 0 heterocycles. The van der Waals surface area contributed by atoms with Gasteiger partial charge in [-0.15, -0.1) is 5.75 Å². The van der Waals surface area contributed by atoms with Crippen LogP contribution in [0.4, 0.5) is 0 Å². The van der Waals surface area contributed by atoms with E-state index in [1.165, 1.54) is 28.0 Å². The van der Waals surface area contributed by atoms with E-state index in [2.05, 4.69) is 76.7 Å². The minimum atomic E-state index is -1.22. The summed E-state index contributed by atoms with van der Waals surface area (Å²) in [6.07, 6.45) is 1.89. The number of para-hydroxylation sites is 1. The van der Waals surface area contributed by atoms with Crippen LogP contribution in [0.1, 0.15) is 18.1 Å². The van der Waals surface area contributed by atoms with Crippen LogP contribution >= 0.6 is 42.7 Å². The second kappa shape index (κ2) is 17.5. The Morgan fingerprint density at radius 1 is 0.795 bits per heavy atom. The van der Waals surface area contributed by atoms with Gasteiger partial charge in [-0.25, -0.2) is 0 Å². The van der Waals surface area contributed by atoms with Crippen LogP contribution in [0.2, 0.25) is 0 Å². The molecule has 4 rings (SSSR count). The molecule has 0 unspecified atom stereocenters. The van der Waals surface area contributed by atoms with E-state index in [1.54, 1.807) is 12.1 Å². The van der Waals surface area contributed by atoms with Crippen molar-refractivity contribution in [3.05, 3.63) is 120 Å². The van der Waals surface area contributed by atoms with Gasteiger partial charge in [-0.1, -0.05) is 108 Å². The molecule has 39 heavy (non-hydrogen) atoms. The van der Waals surface area contributed by atoms with Gasteiger partial charge in [0.05, 0.1) is 20.5 Å². The molecule has 4 nitrogen and oxygen atoms in total. The van der Waals surface area contributed by atoms with Crippen LogP contribution in [0.5, 0.6) is 5.75 Å². The normalized spacial score (nSPS) is 12.1. The first-order valence-electron chi connectivity index (χ1n) is 11.9. The SMILES string of the molecule is C[C@H](CN=C([O-])c1ccccc1[O-])N=Cc1ccccc1[PH+](c1ccccc1)c1ccccc1.ClC(Cl)Cl.[Pt+2]. The molecule has 4 aromatic carbocycles. The first-order chi connectivity index (χ1) is 18.4. The van der Waals surface area contributed by atoms with Gasteiger partial charge in [0, 0.05) is 11.8 Å². The number of aliphatic imine (C=N–C) groups is 2. The summed E-state index contributed by atoms with van der Waals surface area (Å²) in [7, 11) is -1.22. The molecule has 0 fully saturated rings. The van der Waals surface area contributed by atoms with Gasteiger partial charge < -0.3 is 10.2 Å². The zero-order valence-corrected chi connectivity index (χ0v) is 26.5. The molecule has 0 saturated carbocycles. The van der Waals surface area contributed by atoms with Gasteiger partial charge >= 0.3 is 21.1 Å². The minimum Gasteiger partial charge on any atom is -0.872 e. The monoisotopic (exact) mass is 778 g/mol. The number of rotatable bonds is 8. The predicted octanol–water partition coefficient (Wildman–Crippen LogP) is 4.85. The summed E-state index contributed by atoms with van der Waals surface area (Å²) in [5, 5.41) is 28.0. The van der Waals surface area contributed by atoms with Crippen molar-refractivity contribution in [2.24, 2.45) is 9.98 Å². The topological polar surface area (TPSA) is 70.8 Å². The van der Waals surface area contributed by atoms with Crippen LogP contribution in [-0.2, 0) is 21.1 Å². The Kier molecular flexibility index (Phi) is 14.8. The number of benzene rings is 4. The second-order valence-electron chi connectivity index (χ2n) is 8.21. The van der Waals surface area contributed by atoms with E-state index in [0.29, 0.717) is 0 Å². The van der Waals surface area contributed by atoms with Gasteiger partial charge in [0.25, 0.3) is 0 Å². The Morgan fingerprint density at radius 3 is 1.85 bits per heavy atom. The standard InChI is InChI=1S/C29H27N2O2P.CHCl3.Pt/c1-22(20-31-29(33)26-17-9-10-18-27(26)32)30-21-23-12-8-11-19-28(23)34(24-13-4-2-5-14-24)25-15-6-3-7-16-25;2-1(3)4;/h2-19,21-22,32H,20H2,1H3,(H,31,33);1H;/q;;+2/p-1/t22-;;/m1../s1. The maximum absolute atomic E-state index is 12.3. The molecule has 9 heteroatoms. The third kappa shape index (κ3) is 10.7. The number of hydrogen-bond donors (Lipinski definition) is 0. The van der Waals surface area contributed by atoms with Crippen LogP contribution in [0.25, 0.3) is 0 Å². The molecule has 0 radical (unpaired) electrons. The maximum atomic E-state index is 12.3. The van der Waals surface area contributed by atoms with E-state index in [1.807, 2.05) is 31.3 Å². The van der Waals surface area contributed by atoms with Crippen LogP contribution in [-0.4, -0.2) is 29.0 Å². The molecule has 0 bridgehead atoms. The molecule has 204 valence electrons. The van der Waals surface area contributed by atoms with Crippen molar-refractivity contribution in [1.82, 2.24) is 0 Å². The van der Waals surface area contributed by atoms with Crippen LogP contribution < -0.4 is 26.1 Å². The molecule has 0 spiro atoms. The Hall–Kier alpha value is -2.19. The molecule has 4 aromatic rings. The predicted molar refractivity (Wildman–Crippen MR) is 162 cm³/mol. The van der Waals surface area contributed by atoms with E-state index in [-0.39, 0.29) is 45.0 Å². The summed E-state index contributed by atoms with van der Waals surface area (Å²) in [6.45, 7) is 2.14. The summed E-state index contributed by atoms with van der Waals surface area (Å²) >= 11 is 14.4. The molecule has 0 aliphatic carbocycles. The summed E-state index contributed by atoms with van der Waals surface area (Å²) in [6, 6.07) is 35.5. The average molecular weight is 780 g/mol. The van der Waals surface area contributed by atoms with E-state index in [4.69, 9.17) is 34.8 Å². The number of nitrogens with zero attached hydrogens (tertiary/aromatic N) is 2. The summed E-state index contributed by atoms with van der Waals surface area (Å²) in [5.74, 6) is -0.801. The summed E-state index contributed by atoms with van der Waals surface area (Å²) in [5.41, 5.74) is 1.16. The van der Waals surface area contributed by atoms with Crippen LogP contribution in [0.3, 0.4) is 0 Å². The van der Waals surface area contributed by atoms with Crippen molar-refractivity contribution in [3.63, 3.8) is 0 Å². The minimum absolute atomic E-state index is 0. The molecular formula is C30H27Cl3N2O2PPt+. The Labute approximate surface area is 260 Å². The van der Waals surface area contributed by atoms with Gasteiger partial charge in [-0.05, 0) is 54.8 Å². The van der Waals surface area contributed by atoms with E-state index < -0.39 is 18.1 Å². The fourth-order valence-corrected chi connectivity index (χ4v) is 6.43. The van der Waals surface area contributed by atoms with Crippen molar-refractivity contribution in [1.29, 1.82) is 0 Å². The maximum Gasteiger partial charge on any atom is 2.00 e. The first-order valence-corrected chi connectivity index (χ1v) is 14.7. The summed E-state index contributed by atoms with van der Waals surface area (Å²) < 4.78 is -0.750. The Morgan fingerprint density at radius 2 is 1.28 bits per heavy atom. The molecule has 0 N–H and O–H groups in total. The van der Waals surface area contributed by atoms with Crippen LogP contribution in [0.15, 0.2) is 119 Å². The Balaban J connectivity index is 0.000000998. The van der Waals surface area contributed by atoms with Crippen molar-refractivity contribution < 1.29 is 31.3 Å². The van der Waals surface area contributed by atoms with E-state index in [0.717, 1.165) is 5.56 Å². The zero-order valence-electron chi connectivity index (χ0n) is 21.0. The van der Waals surface area contributed by atoms with Gasteiger partial charge in [-0.3, -0.25) is 9.98 Å². The van der Waals surface area contributed by atoms with E-state index in [9.17, 15) is 10.2 Å². The fraction of sp³-hybridized carbons (Fsp3) is 0.133. The number of hydrogen-bond acceptors (Lipinski definition) is 4. The molecule has 0 saturated heterocycles. The smallest absolute Gasteiger partial charge is 0.872 e.